The Morgan fingerprint density at radius 1 is 1.53 bits per heavy atom. The van der Waals surface area contributed by atoms with Gasteiger partial charge in [0.25, 0.3) is 5.69 Å². The van der Waals surface area contributed by atoms with Gasteiger partial charge in [0.2, 0.25) is 0 Å². The van der Waals surface area contributed by atoms with E-state index in [0.717, 1.165) is 21.8 Å². The molecule has 1 fully saturated rings. The fraction of sp³-hybridized carbons (Fsp3) is 0.400. The van der Waals surface area contributed by atoms with Crippen molar-refractivity contribution in [3.63, 3.8) is 0 Å². The number of nitrogens with zero attached hydrogens (tertiary/aromatic N) is 1. The number of hydrogen-bond acceptors (Lipinski definition) is 2. The van der Waals surface area contributed by atoms with Gasteiger partial charge in [0.15, 0.2) is 0 Å². The van der Waals surface area contributed by atoms with E-state index in [9.17, 15) is 10.1 Å². The molecule has 0 amide bonds. The maximum atomic E-state index is 10.9. The van der Waals surface area contributed by atoms with Crippen molar-refractivity contribution < 1.29 is 4.92 Å². The highest BCUT2D eigenvalue weighted by atomic mass is 79.9. The number of benzene rings is 1. The van der Waals surface area contributed by atoms with Crippen molar-refractivity contribution in [2.24, 2.45) is 5.92 Å². The van der Waals surface area contributed by atoms with Gasteiger partial charge >= 0.3 is 0 Å². The molecule has 2 rings (SSSR count). The highest BCUT2D eigenvalue weighted by Crippen LogP contribution is 2.51. The average molecular weight is 335 g/mol. The maximum Gasteiger partial charge on any atom is 0.274 e. The molecule has 1 aromatic carbocycles. The zero-order chi connectivity index (χ0) is 11.0. The largest absolute Gasteiger partial charge is 0.274 e. The van der Waals surface area contributed by atoms with Crippen LogP contribution in [0.25, 0.3) is 0 Å². The molecule has 80 valence electrons. The highest BCUT2D eigenvalue weighted by Gasteiger charge is 2.40. The SMILES string of the molecule is O=[N+]([O-])c1cc(Br)ccc1C1CC1CBr. The van der Waals surface area contributed by atoms with Gasteiger partial charge in [-0.3, -0.25) is 10.1 Å². The van der Waals surface area contributed by atoms with Gasteiger partial charge in [-0.15, -0.1) is 0 Å². The van der Waals surface area contributed by atoms with Crippen molar-refractivity contribution in [1.82, 2.24) is 0 Å². The van der Waals surface area contributed by atoms with Crippen LogP contribution in [0.2, 0.25) is 0 Å². The zero-order valence-electron chi connectivity index (χ0n) is 7.82. The first-order valence-corrected chi connectivity index (χ1v) is 6.54. The predicted octanol–water partition coefficient (Wildman–Crippen LogP) is 3.86. The molecule has 0 aliphatic heterocycles. The Labute approximate surface area is 104 Å². The van der Waals surface area contributed by atoms with E-state index in [1.165, 1.54) is 0 Å². The normalized spacial score (nSPS) is 23.9. The van der Waals surface area contributed by atoms with Gasteiger partial charge in [-0.25, -0.2) is 0 Å². The monoisotopic (exact) mass is 333 g/mol. The lowest BCUT2D eigenvalue weighted by molar-refractivity contribution is -0.385. The lowest BCUT2D eigenvalue weighted by Gasteiger charge is -2.01. The molecule has 0 radical (unpaired) electrons. The van der Waals surface area contributed by atoms with E-state index >= 15 is 0 Å². The third-order valence-electron chi connectivity index (χ3n) is 2.71. The van der Waals surface area contributed by atoms with E-state index in [4.69, 9.17) is 0 Å². The highest BCUT2D eigenvalue weighted by molar-refractivity contribution is 9.10. The summed E-state index contributed by atoms with van der Waals surface area (Å²) < 4.78 is 0.758. The molecule has 0 spiro atoms. The summed E-state index contributed by atoms with van der Waals surface area (Å²) >= 11 is 6.66. The Hall–Kier alpha value is -0.420. The number of alkyl halides is 1. The van der Waals surface area contributed by atoms with Crippen molar-refractivity contribution in [2.45, 2.75) is 12.3 Å². The second kappa shape index (κ2) is 4.22. The van der Waals surface area contributed by atoms with Gasteiger partial charge < -0.3 is 0 Å². The minimum atomic E-state index is -0.302. The standard InChI is InChI=1S/C10H9Br2NO2/c11-5-6-3-9(6)8-2-1-7(12)4-10(8)13(14)15/h1-2,4,6,9H,3,5H2. The average Bonchev–Trinajstić information content (AvgIpc) is 2.96. The number of hydrogen-bond donors (Lipinski definition) is 0. The van der Waals surface area contributed by atoms with Gasteiger partial charge in [-0.2, -0.15) is 0 Å². The molecule has 0 N–H and O–H groups in total. The lowest BCUT2D eigenvalue weighted by Crippen LogP contribution is -1.95. The fourth-order valence-electron chi connectivity index (χ4n) is 1.79. The zero-order valence-corrected chi connectivity index (χ0v) is 11.0. The summed E-state index contributed by atoms with van der Waals surface area (Å²) in [4.78, 5) is 10.6. The summed E-state index contributed by atoms with van der Waals surface area (Å²) in [7, 11) is 0. The molecular weight excluding hydrogens is 326 g/mol. The number of nitro benzene ring substituents is 1. The first-order valence-electron chi connectivity index (χ1n) is 4.63. The molecule has 0 bridgehead atoms. The minimum absolute atomic E-state index is 0.234. The van der Waals surface area contributed by atoms with Crippen LogP contribution in [0.5, 0.6) is 0 Å². The second-order valence-corrected chi connectivity index (χ2v) is 5.28. The predicted molar refractivity (Wildman–Crippen MR) is 65.4 cm³/mol. The van der Waals surface area contributed by atoms with Crippen LogP contribution in [-0.2, 0) is 0 Å². The first-order chi connectivity index (χ1) is 7.13. The maximum absolute atomic E-state index is 10.9. The Morgan fingerprint density at radius 3 is 2.80 bits per heavy atom. The molecule has 3 nitrogen and oxygen atoms in total. The van der Waals surface area contributed by atoms with Crippen LogP contribution < -0.4 is 0 Å². The molecule has 5 heteroatoms. The smallest absolute Gasteiger partial charge is 0.258 e. The van der Waals surface area contributed by atoms with Crippen LogP contribution in [-0.4, -0.2) is 10.3 Å². The Balaban J connectivity index is 2.35. The van der Waals surface area contributed by atoms with Gasteiger partial charge in [-0.05, 0) is 24.3 Å². The van der Waals surface area contributed by atoms with E-state index in [-0.39, 0.29) is 10.6 Å². The molecule has 2 unspecified atom stereocenters. The summed E-state index contributed by atoms with van der Waals surface area (Å²) in [5, 5.41) is 11.8. The van der Waals surface area contributed by atoms with Crippen molar-refractivity contribution in [2.75, 3.05) is 5.33 Å². The molecule has 0 heterocycles. The van der Waals surface area contributed by atoms with E-state index in [1.54, 1.807) is 6.07 Å². The van der Waals surface area contributed by atoms with E-state index in [2.05, 4.69) is 31.9 Å². The second-order valence-electron chi connectivity index (χ2n) is 3.72. The summed E-state index contributed by atoms with van der Waals surface area (Å²) in [5.41, 5.74) is 1.10. The fourth-order valence-corrected chi connectivity index (χ4v) is 2.85. The number of rotatable bonds is 3. The van der Waals surface area contributed by atoms with Gasteiger partial charge in [-0.1, -0.05) is 37.9 Å². The van der Waals surface area contributed by atoms with Crippen LogP contribution in [0.3, 0.4) is 0 Å². The van der Waals surface area contributed by atoms with Crippen LogP contribution in [0, 0.1) is 16.0 Å². The molecule has 15 heavy (non-hydrogen) atoms. The van der Waals surface area contributed by atoms with Crippen molar-refractivity contribution in [3.8, 4) is 0 Å². The van der Waals surface area contributed by atoms with Crippen LogP contribution in [0.15, 0.2) is 22.7 Å². The number of halogens is 2. The first kappa shape index (κ1) is 11.1. The summed E-state index contributed by atoms with van der Waals surface area (Å²) in [6.07, 6.45) is 1.05. The molecule has 2 atom stereocenters. The van der Waals surface area contributed by atoms with Gasteiger partial charge in [0, 0.05) is 21.4 Å². The molecule has 0 saturated heterocycles. The van der Waals surface area contributed by atoms with Crippen LogP contribution >= 0.6 is 31.9 Å². The lowest BCUT2D eigenvalue weighted by atomic mass is 10.1. The quantitative estimate of drug-likeness (QED) is 0.478. The van der Waals surface area contributed by atoms with E-state index in [0.29, 0.717) is 11.8 Å². The molecule has 1 aliphatic rings. The minimum Gasteiger partial charge on any atom is -0.258 e. The van der Waals surface area contributed by atoms with Gasteiger partial charge in [0.1, 0.15) is 0 Å². The number of nitro groups is 1. The van der Waals surface area contributed by atoms with Crippen LogP contribution in [0.1, 0.15) is 17.9 Å². The Morgan fingerprint density at radius 2 is 2.27 bits per heavy atom. The topological polar surface area (TPSA) is 43.1 Å². The molecular formula is C10H9Br2NO2. The molecule has 1 aromatic rings. The van der Waals surface area contributed by atoms with E-state index < -0.39 is 0 Å². The van der Waals surface area contributed by atoms with Crippen molar-refractivity contribution >= 4 is 37.5 Å². The molecule has 1 saturated carbocycles. The Bertz CT molecular complexity index is 408. The van der Waals surface area contributed by atoms with Crippen LogP contribution in [0.4, 0.5) is 5.69 Å². The summed E-state index contributed by atoms with van der Waals surface area (Å²) in [6.45, 7) is 0. The van der Waals surface area contributed by atoms with E-state index in [1.807, 2.05) is 12.1 Å². The Kier molecular flexibility index (Phi) is 3.11. The van der Waals surface area contributed by atoms with Crippen molar-refractivity contribution in [3.05, 3.63) is 38.3 Å². The third-order valence-corrected chi connectivity index (χ3v) is 4.03. The molecule has 0 aromatic heterocycles. The third kappa shape index (κ3) is 2.23. The van der Waals surface area contributed by atoms with Crippen molar-refractivity contribution in [1.29, 1.82) is 0 Å². The summed E-state index contributed by atoms with van der Waals surface area (Å²) in [6, 6.07) is 5.31. The molecule has 1 aliphatic carbocycles. The summed E-state index contributed by atoms with van der Waals surface area (Å²) in [5.74, 6) is 0.919. The van der Waals surface area contributed by atoms with Gasteiger partial charge in [0.05, 0.1) is 4.92 Å².